The quantitative estimate of drug-likeness (QED) is 0.779. The maximum absolute atomic E-state index is 11.7. The van der Waals surface area contributed by atoms with E-state index in [9.17, 15) is 9.59 Å². The molecule has 3 N–H and O–H groups in total. The predicted molar refractivity (Wildman–Crippen MR) is 75.0 cm³/mol. The molecule has 0 radical (unpaired) electrons. The van der Waals surface area contributed by atoms with E-state index in [-0.39, 0.29) is 18.3 Å². The third-order valence-electron chi connectivity index (χ3n) is 2.55. The van der Waals surface area contributed by atoms with Crippen LogP contribution in [0.4, 0.5) is 0 Å². The first-order valence-corrected chi connectivity index (χ1v) is 5.72. The van der Waals surface area contributed by atoms with Gasteiger partial charge in [0, 0.05) is 0 Å². The van der Waals surface area contributed by atoms with Crippen molar-refractivity contribution in [2.45, 2.75) is 25.4 Å². The second-order valence-electron chi connectivity index (χ2n) is 4.05. The summed E-state index contributed by atoms with van der Waals surface area (Å²) in [7, 11) is 1.27. The van der Waals surface area contributed by atoms with E-state index in [1.165, 1.54) is 7.11 Å². The summed E-state index contributed by atoms with van der Waals surface area (Å²) in [6.07, 6.45) is 0.431. The molecule has 0 aliphatic carbocycles. The minimum absolute atomic E-state index is 0. The van der Waals surface area contributed by atoms with Gasteiger partial charge in [-0.2, -0.15) is 0 Å². The molecular formula is C13H19ClN2O3. The molecule has 0 aliphatic rings. The van der Waals surface area contributed by atoms with Crippen molar-refractivity contribution in [3.05, 3.63) is 35.9 Å². The summed E-state index contributed by atoms with van der Waals surface area (Å²) in [5.74, 6) is -0.855. The van der Waals surface area contributed by atoms with E-state index in [0.717, 1.165) is 5.56 Å². The van der Waals surface area contributed by atoms with Gasteiger partial charge in [-0.25, -0.2) is 4.79 Å². The summed E-state index contributed by atoms with van der Waals surface area (Å²) in [5.41, 5.74) is 6.75. The number of hydrogen-bond donors (Lipinski definition) is 2. The fraction of sp³-hybridized carbons (Fsp3) is 0.385. The molecule has 5 nitrogen and oxygen atoms in total. The zero-order chi connectivity index (χ0) is 13.5. The van der Waals surface area contributed by atoms with Crippen molar-refractivity contribution in [2.75, 3.05) is 7.11 Å². The van der Waals surface area contributed by atoms with Crippen LogP contribution in [0, 0.1) is 0 Å². The van der Waals surface area contributed by atoms with Crippen LogP contribution in [0.3, 0.4) is 0 Å². The van der Waals surface area contributed by atoms with Gasteiger partial charge in [-0.1, -0.05) is 30.3 Å². The first kappa shape index (κ1) is 17.4. The molecule has 0 heterocycles. The van der Waals surface area contributed by atoms with Crippen LogP contribution in [0.1, 0.15) is 12.5 Å². The summed E-state index contributed by atoms with van der Waals surface area (Å²) in [4.78, 5) is 22.9. The zero-order valence-electron chi connectivity index (χ0n) is 11.0. The van der Waals surface area contributed by atoms with E-state index in [1.807, 2.05) is 30.3 Å². The SMILES string of the molecule is COC(=O)[C@H](C)NC(=O)[C@@H](N)Cc1ccccc1.Cl. The number of nitrogens with one attached hydrogen (secondary N) is 1. The molecule has 0 spiro atoms. The van der Waals surface area contributed by atoms with Crippen LogP contribution in [0.25, 0.3) is 0 Å². The molecule has 0 saturated heterocycles. The lowest BCUT2D eigenvalue weighted by Crippen LogP contribution is -2.48. The van der Waals surface area contributed by atoms with Crippen LogP contribution in [0.5, 0.6) is 0 Å². The largest absolute Gasteiger partial charge is 0.467 e. The van der Waals surface area contributed by atoms with E-state index >= 15 is 0 Å². The van der Waals surface area contributed by atoms with E-state index in [1.54, 1.807) is 6.92 Å². The third kappa shape index (κ3) is 5.72. The molecule has 1 amide bonds. The molecule has 0 unspecified atom stereocenters. The smallest absolute Gasteiger partial charge is 0.328 e. The standard InChI is InChI=1S/C13H18N2O3.ClH/c1-9(13(17)18-2)15-12(16)11(14)8-10-6-4-3-5-7-10;/h3-7,9,11H,8,14H2,1-2H3,(H,15,16);1H/t9-,11-;/m0./s1. The lowest BCUT2D eigenvalue weighted by atomic mass is 10.1. The Kier molecular flexibility index (Phi) is 7.79. The van der Waals surface area contributed by atoms with Crippen molar-refractivity contribution in [2.24, 2.45) is 5.73 Å². The van der Waals surface area contributed by atoms with Gasteiger partial charge in [0.25, 0.3) is 0 Å². The van der Waals surface area contributed by atoms with Gasteiger partial charge in [-0.3, -0.25) is 4.79 Å². The minimum Gasteiger partial charge on any atom is -0.467 e. The Bertz CT molecular complexity index is 412. The Hall–Kier alpha value is -1.59. The Labute approximate surface area is 118 Å². The third-order valence-corrected chi connectivity index (χ3v) is 2.55. The van der Waals surface area contributed by atoms with Crippen molar-refractivity contribution in [1.82, 2.24) is 5.32 Å². The first-order chi connectivity index (χ1) is 8.54. The number of nitrogens with two attached hydrogens (primary N) is 1. The number of carbonyl (C=O) groups excluding carboxylic acids is 2. The summed E-state index contributed by atoms with van der Waals surface area (Å²) in [5, 5.41) is 2.51. The maximum atomic E-state index is 11.7. The number of benzene rings is 1. The first-order valence-electron chi connectivity index (χ1n) is 5.72. The monoisotopic (exact) mass is 286 g/mol. The van der Waals surface area contributed by atoms with Crippen LogP contribution < -0.4 is 11.1 Å². The maximum Gasteiger partial charge on any atom is 0.328 e. The topological polar surface area (TPSA) is 81.4 Å². The van der Waals surface area contributed by atoms with Crippen molar-refractivity contribution >= 4 is 24.3 Å². The molecule has 2 atom stereocenters. The molecule has 0 saturated carbocycles. The number of halogens is 1. The highest BCUT2D eigenvalue weighted by Gasteiger charge is 2.20. The Morgan fingerprint density at radius 2 is 1.89 bits per heavy atom. The Morgan fingerprint density at radius 3 is 2.42 bits per heavy atom. The highest BCUT2D eigenvalue weighted by molar-refractivity contribution is 5.87. The summed E-state index contributed by atoms with van der Waals surface area (Å²) in [6.45, 7) is 1.55. The molecule has 0 aromatic heterocycles. The summed E-state index contributed by atoms with van der Waals surface area (Å²) >= 11 is 0. The molecular weight excluding hydrogens is 268 g/mol. The van der Waals surface area contributed by atoms with Gasteiger partial charge < -0.3 is 15.8 Å². The van der Waals surface area contributed by atoms with Crippen LogP contribution in [-0.4, -0.2) is 31.1 Å². The second kappa shape index (κ2) is 8.50. The van der Waals surface area contributed by atoms with Gasteiger partial charge in [-0.15, -0.1) is 12.4 Å². The van der Waals surface area contributed by atoms with Crippen molar-refractivity contribution in [1.29, 1.82) is 0 Å². The van der Waals surface area contributed by atoms with Gasteiger partial charge in [-0.05, 0) is 18.9 Å². The predicted octanol–water partition coefficient (Wildman–Crippen LogP) is 0.656. The highest BCUT2D eigenvalue weighted by atomic mass is 35.5. The lowest BCUT2D eigenvalue weighted by Gasteiger charge is -2.15. The van der Waals surface area contributed by atoms with Crippen LogP contribution >= 0.6 is 12.4 Å². The minimum atomic E-state index is -0.690. The number of esters is 1. The molecule has 1 aromatic rings. The van der Waals surface area contributed by atoms with Crippen molar-refractivity contribution in [3.8, 4) is 0 Å². The Balaban J connectivity index is 0.00000324. The van der Waals surface area contributed by atoms with E-state index in [4.69, 9.17) is 5.73 Å². The zero-order valence-corrected chi connectivity index (χ0v) is 11.8. The average molecular weight is 287 g/mol. The van der Waals surface area contributed by atoms with Gasteiger partial charge >= 0.3 is 5.97 Å². The van der Waals surface area contributed by atoms with Gasteiger partial charge in [0.1, 0.15) is 6.04 Å². The van der Waals surface area contributed by atoms with Crippen LogP contribution in [-0.2, 0) is 20.7 Å². The van der Waals surface area contributed by atoms with Crippen molar-refractivity contribution in [3.63, 3.8) is 0 Å². The molecule has 6 heteroatoms. The van der Waals surface area contributed by atoms with E-state index < -0.39 is 18.1 Å². The number of hydrogen-bond acceptors (Lipinski definition) is 4. The molecule has 106 valence electrons. The number of rotatable bonds is 5. The number of amides is 1. The lowest BCUT2D eigenvalue weighted by molar-refractivity contribution is -0.144. The Morgan fingerprint density at radius 1 is 1.32 bits per heavy atom. The molecule has 0 aliphatic heterocycles. The number of methoxy groups -OCH3 is 1. The molecule has 19 heavy (non-hydrogen) atoms. The van der Waals surface area contributed by atoms with Crippen LogP contribution in [0.2, 0.25) is 0 Å². The van der Waals surface area contributed by atoms with E-state index in [0.29, 0.717) is 6.42 Å². The van der Waals surface area contributed by atoms with Crippen molar-refractivity contribution < 1.29 is 14.3 Å². The normalized spacial score (nSPS) is 12.8. The molecule has 0 fully saturated rings. The molecule has 0 bridgehead atoms. The number of carbonyl (C=O) groups is 2. The fourth-order valence-electron chi connectivity index (χ4n) is 1.52. The summed E-state index contributed by atoms with van der Waals surface area (Å²) in [6, 6.07) is 8.10. The van der Waals surface area contributed by atoms with E-state index in [2.05, 4.69) is 10.1 Å². The molecule has 1 rings (SSSR count). The van der Waals surface area contributed by atoms with Gasteiger partial charge in [0.15, 0.2) is 0 Å². The fourth-order valence-corrected chi connectivity index (χ4v) is 1.52. The highest BCUT2D eigenvalue weighted by Crippen LogP contribution is 2.02. The summed E-state index contributed by atoms with van der Waals surface area (Å²) < 4.78 is 4.52. The average Bonchev–Trinajstić information content (AvgIpc) is 2.38. The van der Waals surface area contributed by atoms with Gasteiger partial charge in [0.2, 0.25) is 5.91 Å². The van der Waals surface area contributed by atoms with Crippen LogP contribution in [0.15, 0.2) is 30.3 Å². The number of ether oxygens (including phenoxy) is 1. The second-order valence-corrected chi connectivity index (χ2v) is 4.05. The van der Waals surface area contributed by atoms with Gasteiger partial charge in [0.05, 0.1) is 13.2 Å². The molecule has 1 aromatic carbocycles.